The summed E-state index contributed by atoms with van der Waals surface area (Å²) in [4.78, 5) is 16.8. The Morgan fingerprint density at radius 3 is 2.50 bits per heavy atom. The number of nitrogens with one attached hydrogen (secondary N) is 1. The van der Waals surface area contributed by atoms with E-state index in [2.05, 4.69) is 10.3 Å². The lowest BCUT2D eigenvalue weighted by Gasteiger charge is -2.09. The summed E-state index contributed by atoms with van der Waals surface area (Å²) in [6, 6.07) is 13.6. The highest BCUT2D eigenvalue weighted by molar-refractivity contribution is 7.14. The molecule has 0 aliphatic carbocycles. The monoisotopic (exact) mass is 368 g/mol. The minimum absolute atomic E-state index is 0.123. The first kappa shape index (κ1) is 17.9. The molecule has 1 N–H and O–H groups in total. The van der Waals surface area contributed by atoms with Crippen LogP contribution in [0.2, 0.25) is 0 Å². The molecular formula is C20H20N2O3S. The van der Waals surface area contributed by atoms with Gasteiger partial charge in [-0.05, 0) is 24.6 Å². The van der Waals surface area contributed by atoms with Crippen molar-refractivity contribution in [1.82, 2.24) is 4.98 Å². The second-order valence-corrected chi connectivity index (χ2v) is 6.68. The van der Waals surface area contributed by atoms with Gasteiger partial charge in [0.1, 0.15) is 0 Å². The van der Waals surface area contributed by atoms with Gasteiger partial charge in [0, 0.05) is 10.9 Å². The fraction of sp³-hybridized carbons (Fsp3) is 0.200. The summed E-state index contributed by atoms with van der Waals surface area (Å²) in [5, 5.41) is 5.38. The second-order valence-electron chi connectivity index (χ2n) is 5.82. The Morgan fingerprint density at radius 2 is 1.81 bits per heavy atom. The molecule has 0 unspecified atom stereocenters. The number of ether oxygens (including phenoxy) is 2. The average Bonchev–Trinajstić information content (AvgIpc) is 3.10. The lowest BCUT2D eigenvalue weighted by Crippen LogP contribution is -2.14. The van der Waals surface area contributed by atoms with Crippen LogP contribution in [0.3, 0.4) is 0 Å². The molecule has 0 saturated heterocycles. The number of methoxy groups -OCH3 is 2. The fourth-order valence-corrected chi connectivity index (χ4v) is 3.26. The summed E-state index contributed by atoms with van der Waals surface area (Å²) in [7, 11) is 3.15. The molecule has 1 aromatic heterocycles. The van der Waals surface area contributed by atoms with Gasteiger partial charge in [-0.3, -0.25) is 4.79 Å². The smallest absolute Gasteiger partial charge is 0.230 e. The van der Waals surface area contributed by atoms with Gasteiger partial charge in [0.25, 0.3) is 0 Å². The van der Waals surface area contributed by atoms with Crippen molar-refractivity contribution in [2.45, 2.75) is 13.3 Å². The van der Waals surface area contributed by atoms with Crippen molar-refractivity contribution in [1.29, 1.82) is 0 Å². The SMILES string of the molecule is COc1ccc(CC(=O)Nc2nc(-c3ccc(C)cc3)cs2)cc1OC. The minimum atomic E-state index is -0.123. The average molecular weight is 368 g/mol. The van der Waals surface area contributed by atoms with Crippen molar-refractivity contribution in [3.8, 4) is 22.8 Å². The third-order valence-corrected chi connectivity index (χ3v) is 4.67. The number of aromatic nitrogens is 1. The zero-order valence-corrected chi connectivity index (χ0v) is 15.7. The Morgan fingerprint density at radius 1 is 1.08 bits per heavy atom. The summed E-state index contributed by atoms with van der Waals surface area (Å²) in [5.74, 6) is 1.12. The Bertz CT molecular complexity index is 904. The number of amides is 1. The molecule has 0 aliphatic heterocycles. The van der Waals surface area contributed by atoms with Gasteiger partial charge in [0.15, 0.2) is 16.6 Å². The van der Waals surface area contributed by atoms with Gasteiger partial charge in [0.05, 0.1) is 26.3 Å². The molecule has 5 nitrogen and oxygen atoms in total. The molecule has 2 aromatic carbocycles. The predicted molar refractivity (Wildman–Crippen MR) is 104 cm³/mol. The van der Waals surface area contributed by atoms with E-state index in [0.29, 0.717) is 16.6 Å². The molecule has 1 heterocycles. The van der Waals surface area contributed by atoms with E-state index in [4.69, 9.17) is 9.47 Å². The maximum atomic E-state index is 12.3. The molecule has 0 bridgehead atoms. The molecule has 3 rings (SSSR count). The first-order chi connectivity index (χ1) is 12.6. The maximum absolute atomic E-state index is 12.3. The number of hydrogen-bond acceptors (Lipinski definition) is 5. The highest BCUT2D eigenvalue weighted by Gasteiger charge is 2.11. The van der Waals surface area contributed by atoms with Crippen molar-refractivity contribution in [3.05, 3.63) is 59.0 Å². The Hall–Kier alpha value is -2.86. The molecule has 0 atom stereocenters. The number of carbonyl (C=O) groups is 1. The van der Waals surface area contributed by atoms with Gasteiger partial charge in [0.2, 0.25) is 5.91 Å². The van der Waals surface area contributed by atoms with Gasteiger partial charge >= 0.3 is 0 Å². The first-order valence-corrected chi connectivity index (χ1v) is 9.00. The van der Waals surface area contributed by atoms with Crippen LogP contribution in [-0.4, -0.2) is 25.1 Å². The van der Waals surface area contributed by atoms with Crippen LogP contribution in [0.4, 0.5) is 5.13 Å². The molecule has 26 heavy (non-hydrogen) atoms. The summed E-state index contributed by atoms with van der Waals surface area (Å²) < 4.78 is 10.5. The topological polar surface area (TPSA) is 60.5 Å². The molecule has 0 fully saturated rings. The summed E-state index contributed by atoms with van der Waals surface area (Å²) in [6.45, 7) is 2.05. The molecule has 0 aliphatic rings. The number of rotatable bonds is 6. The van der Waals surface area contributed by atoms with E-state index in [1.54, 1.807) is 26.4 Å². The summed E-state index contributed by atoms with van der Waals surface area (Å²) >= 11 is 1.41. The minimum Gasteiger partial charge on any atom is -0.493 e. The molecule has 1 amide bonds. The zero-order valence-electron chi connectivity index (χ0n) is 14.9. The largest absolute Gasteiger partial charge is 0.493 e. The number of aryl methyl sites for hydroxylation is 1. The van der Waals surface area contributed by atoms with Crippen LogP contribution in [0.5, 0.6) is 11.5 Å². The number of hydrogen-bond donors (Lipinski definition) is 1. The van der Waals surface area contributed by atoms with Gasteiger partial charge in [-0.2, -0.15) is 0 Å². The normalized spacial score (nSPS) is 10.4. The third kappa shape index (κ3) is 4.21. The van der Waals surface area contributed by atoms with E-state index in [1.165, 1.54) is 16.9 Å². The van der Waals surface area contributed by atoms with Crippen molar-refractivity contribution in [2.24, 2.45) is 0 Å². The maximum Gasteiger partial charge on any atom is 0.230 e. The highest BCUT2D eigenvalue weighted by Crippen LogP contribution is 2.28. The lowest BCUT2D eigenvalue weighted by atomic mass is 10.1. The van der Waals surface area contributed by atoms with Crippen LogP contribution in [0.25, 0.3) is 11.3 Å². The van der Waals surface area contributed by atoms with E-state index in [1.807, 2.05) is 42.6 Å². The molecule has 3 aromatic rings. The quantitative estimate of drug-likeness (QED) is 0.704. The van der Waals surface area contributed by atoms with Gasteiger partial charge in [-0.25, -0.2) is 4.98 Å². The van der Waals surface area contributed by atoms with Crippen LogP contribution in [0.1, 0.15) is 11.1 Å². The van der Waals surface area contributed by atoms with E-state index in [-0.39, 0.29) is 12.3 Å². The Kier molecular flexibility index (Phi) is 5.53. The molecule has 0 spiro atoms. The predicted octanol–water partition coefficient (Wildman–Crippen LogP) is 4.32. The Balaban J connectivity index is 1.66. The van der Waals surface area contributed by atoms with Gasteiger partial charge in [-0.15, -0.1) is 11.3 Å². The molecule has 0 saturated carbocycles. The van der Waals surface area contributed by atoms with E-state index in [0.717, 1.165) is 16.8 Å². The Labute approximate surface area is 156 Å². The van der Waals surface area contributed by atoms with Crippen LogP contribution in [0.15, 0.2) is 47.8 Å². The van der Waals surface area contributed by atoms with Crippen molar-refractivity contribution in [3.63, 3.8) is 0 Å². The number of benzene rings is 2. The summed E-state index contributed by atoms with van der Waals surface area (Å²) in [5.41, 5.74) is 3.94. The molecule has 6 heteroatoms. The standard InChI is InChI=1S/C20H20N2O3S/c1-13-4-7-15(8-5-13)16-12-26-20(21-16)22-19(23)11-14-6-9-17(24-2)18(10-14)25-3/h4-10,12H,11H2,1-3H3,(H,21,22,23). The van der Waals surface area contributed by atoms with Crippen LogP contribution >= 0.6 is 11.3 Å². The van der Waals surface area contributed by atoms with E-state index < -0.39 is 0 Å². The van der Waals surface area contributed by atoms with Crippen LogP contribution in [0, 0.1) is 6.92 Å². The number of carbonyl (C=O) groups excluding carboxylic acids is 1. The second kappa shape index (κ2) is 8.01. The number of nitrogens with zero attached hydrogens (tertiary/aromatic N) is 1. The number of thiazole rings is 1. The lowest BCUT2D eigenvalue weighted by molar-refractivity contribution is -0.115. The fourth-order valence-electron chi connectivity index (χ4n) is 2.53. The number of anilines is 1. The van der Waals surface area contributed by atoms with Crippen molar-refractivity contribution < 1.29 is 14.3 Å². The highest BCUT2D eigenvalue weighted by atomic mass is 32.1. The van der Waals surface area contributed by atoms with Gasteiger partial charge in [-0.1, -0.05) is 35.9 Å². The molecule has 134 valence electrons. The van der Waals surface area contributed by atoms with Gasteiger partial charge < -0.3 is 14.8 Å². The van der Waals surface area contributed by atoms with Crippen molar-refractivity contribution >= 4 is 22.4 Å². The molecular weight excluding hydrogens is 348 g/mol. The van der Waals surface area contributed by atoms with Crippen LogP contribution in [-0.2, 0) is 11.2 Å². The van der Waals surface area contributed by atoms with E-state index >= 15 is 0 Å². The zero-order chi connectivity index (χ0) is 18.5. The first-order valence-electron chi connectivity index (χ1n) is 8.12. The van der Waals surface area contributed by atoms with Crippen LogP contribution < -0.4 is 14.8 Å². The molecule has 0 radical (unpaired) electrons. The van der Waals surface area contributed by atoms with Crippen molar-refractivity contribution in [2.75, 3.05) is 19.5 Å². The third-order valence-electron chi connectivity index (χ3n) is 3.91. The van der Waals surface area contributed by atoms with E-state index in [9.17, 15) is 4.79 Å². The summed E-state index contributed by atoms with van der Waals surface area (Å²) in [6.07, 6.45) is 0.236.